The van der Waals surface area contributed by atoms with Gasteiger partial charge in [0.1, 0.15) is 23.4 Å². The molecule has 0 unspecified atom stereocenters. The third kappa shape index (κ3) is 19.6. The maximum atomic E-state index is 13.8. The van der Waals surface area contributed by atoms with Crippen LogP contribution >= 0.6 is 0 Å². The second-order valence-corrected chi connectivity index (χ2v) is 18.3. The van der Waals surface area contributed by atoms with Gasteiger partial charge in [0.15, 0.2) is 52.9 Å². The molecule has 2 aromatic heterocycles. The van der Waals surface area contributed by atoms with Crippen molar-refractivity contribution < 1.29 is 117 Å². The topological polar surface area (TPSA) is 425 Å². The number of nitrogens with zero attached hydrogens (tertiary/aromatic N) is 7. The fourth-order valence-electron chi connectivity index (χ4n) is 7.82. The number of hydrogen-bond donors (Lipinski definition) is 11. The zero-order valence-electron chi connectivity index (χ0n) is 43.5. The lowest BCUT2D eigenvalue weighted by Crippen LogP contribution is -2.42. The molecule has 16 N–H and O–H groups in total. The molecule has 84 heavy (non-hydrogen) atoms. The van der Waals surface area contributed by atoms with E-state index < -0.39 is 143 Å². The monoisotopic (exact) mass is 1220 g/mol. The average Bonchev–Trinajstić information content (AvgIpc) is 3.09. The molecule has 0 aliphatic carbocycles. The van der Waals surface area contributed by atoms with Crippen molar-refractivity contribution in [1.29, 1.82) is 0 Å². The third-order valence-electron chi connectivity index (χ3n) is 11.9. The number of aromatic carboxylic acids is 1. The minimum absolute atomic E-state index is 0.0129. The molecule has 2 aliphatic rings. The van der Waals surface area contributed by atoms with Gasteiger partial charge in [0.25, 0.3) is 0 Å². The first-order valence-corrected chi connectivity index (χ1v) is 24.0. The number of benzene rings is 2. The number of alkyl halides is 6. The highest BCUT2D eigenvalue weighted by Gasteiger charge is 2.43. The summed E-state index contributed by atoms with van der Waals surface area (Å²) >= 11 is 0. The number of aliphatic imine (C=N–C) groups is 1. The van der Waals surface area contributed by atoms with E-state index >= 15 is 0 Å². The van der Waals surface area contributed by atoms with E-state index in [0.29, 0.717) is 48.2 Å². The zero-order valence-corrected chi connectivity index (χ0v) is 43.5. The van der Waals surface area contributed by atoms with Crippen LogP contribution in [0.1, 0.15) is 87.7 Å². The molecule has 4 aromatic rings. The Morgan fingerprint density at radius 1 is 0.583 bits per heavy atom. The van der Waals surface area contributed by atoms with Crippen LogP contribution in [-0.2, 0) is 75.3 Å². The van der Waals surface area contributed by atoms with Gasteiger partial charge in [-0.05, 0) is 48.9 Å². The van der Waals surface area contributed by atoms with Gasteiger partial charge in [-0.2, -0.15) is 26.3 Å². The molecule has 0 saturated carbocycles. The molecule has 2 amide bonds. The predicted octanol–water partition coefficient (Wildman–Crippen LogP) is 1.47. The Hall–Kier alpha value is -8.42. The molecule has 6 rings (SSSR count). The van der Waals surface area contributed by atoms with Crippen molar-refractivity contribution in [2.75, 3.05) is 19.6 Å². The largest absolute Gasteiger partial charge is 0.480 e. The Kier molecular flexibility index (Phi) is 24.7. The maximum Gasteiger partial charge on any atom is 0.449 e. The van der Waals surface area contributed by atoms with E-state index in [0.717, 1.165) is 16.4 Å². The van der Waals surface area contributed by atoms with Crippen LogP contribution < -0.4 is 28.7 Å². The van der Waals surface area contributed by atoms with Crippen LogP contribution in [0, 0.1) is 34.9 Å². The number of fused-ring (bicyclic) bond motifs is 2. The van der Waals surface area contributed by atoms with Crippen molar-refractivity contribution in [3.63, 3.8) is 0 Å². The predicted molar refractivity (Wildman–Crippen MR) is 260 cm³/mol. The van der Waals surface area contributed by atoms with E-state index in [-0.39, 0.29) is 92.6 Å². The van der Waals surface area contributed by atoms with Gasteiger partial charge in [0.05, 0.1) is 24.5 Å². The number of amides is 2. The number of Topliss-reactive ketones (excluding diaryl/α,β-unsaturated/α-hetero) is 1. The van der Waals surface area contributed by atoms with E-state index in [9.17, 15) is 86.2 Å². The first kappa shape index (κ1) is 69.8. The molecular formula is C47H54F12N12O13. The summed E-state index contributed by atoms with van der Waals surface area (Å²) in [5.41, 5.74) is 25.1. The van der Waals surface area contributed by atoms with Crippen LogP contribution in [0.2, 0.25) is 0 Å². The molecule has 0 saturated heterocycles. The minimum atomic E-state index is -4.87. The number of ketones is 1. The summed E-state index contributed by atoms with van der Waals surface area (Å²) < 4.78 is 161. The number of carbonyl (C=O) groups is 7. The Morgan fingerprint density at radius 2 is 0.952 bits per heavy atom. The highest BCUT2D eigenvalue weighted by atomic mass is 19.4. The quantitative estimate of drug-likeness (QED) is 0.0168. The van der Waals surface area contributed by atoms with Crippen molar-refractivity contribution >= 4 is 47.4 Å². The zero-order chi connectivity index (χ0) is 64.0. The van der Waals surface area contributed by atoms with Crippen molar-refractivity contribution in [2.45, 2.75) is 114 Å². The second kappa shape index (κ2) is 29.7. The molecule has 0 spiro atoms. The molecule has 0 bridgehead atoms. The van der Waals surface area contributed by atoms with Crippen molar-refractivity contribution in [3.05, 3.63) is 105 Å². The standard InChI is InChI=1S/C19H18F6N4O2.C18H16F6N4O3.C6H14N4O2.C4H6O6/c1-9(30)17-15-8-28(2-3-29(15)18(27-17)19(23,24)25)16(31)6-11(26)4-10-5-13(21)14(22)7-12(10)20;19-10-6-12(21)11(20)4-8(10)3-9(25)5-14(29)27-1-2-28-13(7-27)15(16(30)31)26-17(28)18(22,23)24;7-4(5(11)12)2-1-3-10-6(8)9;5-1(3(7)8)2(6)4(9)10/h5,7,11H,2-4,6,8,26H2,1H3;4,6,9H,1-3,5,7,25H2,(H,30,31);4H,1-3,7H2,(H,11,12)(H4,8,9,10);1-2,5-6H,(H,7,8)(H,9,10)/t11-;9-;4-;1-,2-/m1100/s1. The lowest BCUT2D eigenvalue weighted by Gasteiger charge is -2.30. The second-order valence-electron chi connectivity index (χ2n) is 18.3. The number of aliphatic hydroxyl groups excluding tert-OH is 2. The number of aliphatic carboxylic acids is 3. The van der Waals surface area contributed by atoms with Crippen LogP contribution in [0.15, 0.2) is 29.3 Å². The number of guanidine groups is 1. The number of hydrogen-bond acceptors (Lipinski definition) is 15. The lowest BCUT2D eigenvalue weighted by molar-refractivity contribution is -0.165. The van der Waals surface area contributed by atoms with E-state index in [4.69, 9.17) is 59.3 Å². The number of carbonyl (C=O) groups excluding carboxylic acids is 3. The summed E-state index contributed by atoms with van der Waals surface area (Å²) in [6.45, 7) is 0.0104. The summed E-state index contributed by atoms with van der Waals surface area (Å²) in [5.74, 6) is -17.9. The molecule has 37 heteroatoms. The van der Waals surface area contributed by atoms with Crippen LogP contribution in [0.5, 0.6) is 0 Å². The van der Waals surface area contributed by atoms with Gasteiger partial charge in [-0.15, -0.1) is 0 Å². The maximum absolute atomic E-state index is 13.8. The summed E-state index contributed by atoms with van der Waals surface area (Å²) in [6.07, 6.45) is -14.4. The molecule has 4 heterocycles. The third-order valence-corrected chi connectivity index (χ3v) is 11.9. The fraction of sp³-hybridized carbons (Fsp3) is 0.447. The van der Waals surface area contributed by atoms with Gasteiger partial charge >= 0.3 is 36.2 Å². The van der Waals surface area contributed by atoms with Gasteiger partial charge in [-0.25, -0.2) is 50.7 Å². The van der Waals surface area contributed by atoms with Crippen molar-refractivity contribution in [3.8, 4) is 0 Å². The van der Waals surface area contributed by atoms with Gasteiger partial charge in [-0.3, -0.25) is 24.2 Å². The van der Waals surface area contributed by atoms with Crippen molar-refractivity contribution in [2.24, 2.45) is 33.7 Å². The molecule has 464 valence electrons. The fourth-order valence-corrected chi connectivity index (χ4v) is 7.82. The highest BCUT2D eigenvalue weighted by molar-refractivity contribution is 5.93. The van der Waals surface area contributed by atoms with Gasteiger partial charge in [0, 0.05) is 76.7 Å². The first-order chi connectivity index (χ1) is 38.8. The van der Waals surface area contributed by atoms with Crippen molar-refractivity contribution in [1.82, 2.24) is 28.9 Å². The molecule has 0 fully saturated rings. The number of aromatic nitrogens is 4. The van der Waals surface area contributed by atoms with Crippen LogP contribution in [-0.4, -0.2) is 157 Å². The highest BCUT2D eigenvalue weighted by Crippen LogP contribution is 2.34. The molecule has 0 radical (unpaired) electrons. The first-order valence-electron chi connectivity index (χ1n) is 24.0. The smallest absolute Gasteiger partial charge is 0.449 e. The van der Waals surface area contributed by atoms with Gasteiger partial charge in [0.2, 0.25) is 23.5 Å². The Labute approximate surface area is 464 Å². The molecule has 2 aliphatic heterocycles. The number of carboxylic acid groups (broad SMARTS) is 4. The number of halogens is 12. The Balaban J connectivity index is 0.000000327. The molecule has 2 aromatic carbocycles. The molecule has 25 nitrogen and oxygen atoms in total. The SMILES string of the molecule is CC(=O)c1nc(C(F)(F)F)n2c1CN(C(=O)C[C@H](N)Cc1cc(F)c(F)cc1F)CC2.NC(N)=NCCC[C@H](N)C(=O)O.N[C@@H](CC(=O)N1CCn2c(C(F)(F)F)nc(C(=O)O)c2C1)Cc1cc(F)c(F)cc1F.O=C(O)[C@@H](O)[C@H](O)C(=O)O. The van der Waals surface area contributed by atoms with Crippen LogP contribution in [0.25, 0.3) is 0 Å². The van der Waals surface area contributed by atoms with Crippen LogP contribution in [0.3, 0.4) is 0 Å². The van der Waals surface area contributed by atoms with E-state index in [2.05, 4.69) is 15.0 Å². The van der Waals surface area contributed by atoms with Gasteiger partial charge in [-0.1, -0.05) is 0 Å². The Bertz CT molecular complexity index is 2920. The normalized spacial score (nSPS) is 14.7. The number of nitrogens with two attached hydrogens (primary N) is 5. The van der Waals surface area contributed by atoms with E-state index in [1.807, 2.05) is 0 Å². The summed E-state index contributed by atoms with van der Waals surface area (Å²) in [6, 6.07) is -0.735. The van der Waals surface area contributed by atoms with E-state index in [1.165, 1.54) is 4.90 Å². The summed E-state index contributed by atoms with van der Waals surface area (Å²) in [7, 11) is 0. The average molecular weight is 1220 g/mol. The van der Waals surface area contributed by atoms with Crippen LogP contribution in [0.4, 0.5) is 52.7 Å². The number of carboxylic acids is 4. The summed E-state index contributed by atoms with van der Waals surface area (Å²) in [5, 5.41) is 50.1. The molecule has 5 atom stereocenters. The summed E-state index contributed by atoms with van der Waals surface area (Å²) in [4.78, 5) is 90.5. The molecular weight excluding hydrogens is 1170 g/mol. The number of rotatable bonds is 18. The van der Waals surface area contributed by atoms with E-state index in [1.54, 1.807) is 0 Å². The number of aliphatic hydroxyl groups is 2. The van der Waals surface area contributed by atoms with Gasteiger partial charge < -0.3 is 78.2 Å². The number of imidazole rings is 2. The minimum Gasteiger partial charge on any atom is -0.480 e. The lowest BCUT2D eigenvalue weighted by atomic mass is 10.0. The Morgan fingerprint density at radius 3 is 1.29 bits per heavy atom.